The van der Waals surface area contributed by atoms with E-state index in [-0.39, 0.29) is 12.5 Å². The zero-order valence-corrected chi connectivity index (χ0v) is 12.6. The van der Waals surface area contributed by atoms with Crippen LogP contribution in [0.4, 0.5) is 0 Å². The molecule has 0 unspecified atom stereocenters. The highest BCUT2D eigenvalue weighted by atomic mass is 16.5. The summed E-state index contributed by atoms with van der Waals surface area (Å²) in [7, 11) is 1.61. The SMILES string of the molecule is COc1ccc(/C=N/NC(=O)COc2cccc(C)c2)cc1. The van der Waals surface area contributed by atoms with Gasteiger partial charge in [-0.1, -0.05) is 12.1 Å². The van der Waals surface area contributed by atoms with Crippen molar-refractivity contribution in [3.63, 3.8) is 0 Å². The highest BCUT2D eigenvalue weighted by molar-refractivity contribution is 5.83. The van der Waals surface area contributed by atoms with Crippen LogP contribution >= 0.6 is 0 Å². The minimum absolute atomic E-state index is 0.0800. The van der Waals surface area contributed by atoms with E-state index in [1.807, 2.05) is 49.4 Å². The summed E-state index contributed by atoms with van der Waals surface area (Å²) in [6, 6.07) is 14.9. The summed E-state index contributed by atoms with van der Waals surface area (Å²) in [5.74, 6) is 1.12. The third-order valence-electron chi connectivity index (χ3n) is 2.88. The Balaban J connectivity index is 1.78. The number of carbonyl (C=O) groups excluding carboxylic acids is 1. The summed E-state index contributed by atoms with van der Waals surface area (Å²) in [6.07, 6.45) is 1.56. The number of methoxy groups -OCH3 is 1. The maximum atomic E-state index is 11.6. The van der Waals surface area contributed by atoms with E-state index in [0.717, 1.165) is 16.9 Å². The normalized spacial score (nSPS) is 10.5. The maximum absolute atomic E-state index is 11.6. The van der Waals surface area contributed by atoms with Crippen LogP contribution in [0.2, 0.25) is 0 Å². The molecule has 22 heavy (non-hydrogen) atoms. The monoisotopic (exact) mass is 298 g/mol. The number of rotatable bonds is 6. The van der Waals surface area contributed by atoms with E-state index in [1.165, 1.54) is 0 Å². The number of nitrogens with one attached hydrogen (secondary N) is 1. The molecule has 2 aromatic rings. The summed E-state index contributed by atoms with van der Waals surface area (Å²) >= 11 is 0. The second kappa shape index (κ2) is 7.83. The number of aryl methyl sites for hydroxylation is 1. The smallest absolute Gasteiger partial charge is 0.277 e. The summed E-state index contributed by atoms with van der Waals surface area (Å²) in [5.41, 5.74) is 4.36. The number of nitrogens with zero attached hydrogens (tertiary/aromatic N) is 1. The van der Waals surface area contributed by atoms with Gasteiger partial charge in [0.1, 0.15) is 11.5 Å². The molecule has 0 bridgehead atoms. The molecule has 0 atom stereocenters. The molecule has 0 spiro atoms. The van der Waals surface area contributed by atoms with E-state index in [1.54, 1.807) is 19.4 Å². The molecule has 0 saturated heterocycles. The van der Waals surface area contributed by atoms with Gasteiger partial charge in [0.2, 0.25) is 0 Å². The van der Waals surface area contributed by atoms with Crippen LogP contribution in [0.5, 0.6) is 11.5 Å². The van der Waals surface area contributed by atoms with Crippen LogP contribution in [0.25, 0.3) is 0 Å². The largest absolute Gasteiger partial charge is 0.497 e. The van der Waals surface area contributed by atoms with Gasteiger partial charge in [-0.2, -0.15) is 5.10 Å². The standard InChI is InChI=1S/C17H18N2O3/c1-13-4-3-5-16(10-13)22-12-17(20)19-18-11-14-6-8-15(21-2)9-7-14/h3-11H,12H2,1-2H3,(H,19,20)/b18-11+. The van der Waals surface area contributed by atoms with Crippen LogP contribution in [-0.2, 0) is 4.79 Å². The highest BCUT2D eigenvalue weighted by Crippen LogP contribution is 2.12. The number of amides is 1. The van der Waals surface area contributed by atoms with Crippen molar-refractivity contribution >= 4 is 12.1 Å². The Morgan fingerprint density at radius 1 is 1.18 bits per heavy atom. The molecule has 0 heterocycles. The van der Waals surface area contributed by atoms with E-state index in [0.29, 0.717) is 5.75 Å². The van der Waals surface area contributed by atoms with E-state index in [2.05, 4.69) is 10.5 Å². The number of ether oxygens (including phenoxy) is 2. The zero-order valence-electron chi connectivity index (χ0n) is 12.6. The predicted molar refractivity (Wildman–Crippen MR) is 85.4 cm³/mol. The number of carbonyl (C=O) groups is 1. The quantitative estimate of drug-likeness (QED) is 0.658. The lowest BCUT2D eigenvalue weighted by Gasteiger charge is -2.05. The van der Waals surface area contributed by atoms with Gasteiger partial charge in [0.25, 0.3) is 5.91 Å². The summed E-state index contributed by atoms with van der Waals surface area (Å²) < 4.78 is 10.4. The average molecular weight is 298 g/mol. The second-order valence-electron chi connectivity index (χ2n) is 4.67. The molecule has 114 valence electrons. The minimum atomic E-state index is -0.314. The number of hydrogen-bond acceptors (Lipinski definition) is 4. The molecule has 0 aliphatic rings. The minimum Gasteiger partial charge on any atom is -0.497 e. The molecule has 0 aromatic heterocycles. The molecule has 5 nitrogen and oxygen atoms in total. The first-order chi connectivity index (χ1) is 10.7. The van der Waals surface area contributed by atoms with E-state index in [9.17, 15) is 4.79 Å². The zero-order chi connectivity index (χ0) is 15.8. The molecule has 1 amide bonds. The molecule has 0 radical (unpaired) electrons. The van der Waals surface area contributed by atoms with E-state index < -0.39 is 0 Å². The van der Waals surface area contributed by atoms with Gasteiger partial charge >= 0.3 is 0 Å². The van der Waals surface area contributed by atoms with Gasteiger partial charge in [0.15, 0.2) is 6.61 Å². The van der Waals surface area contributed by atoms with E-state index >= 15 is 0 Å². The summed E-state index contributed by atoms with van der Waals surface area (Å²) in [4.78, 5) is 11.6. The van der Waals surface area contributed by atoms with Gasteiger partial charge in [0.05, 0.1) is 13.3 Å². The molecule has 5 heteroatoms. The van der Waals surface area contributed by atoms with Crippen LogP contribution in [0, 0.1) is 6.92 Å². The molecular formula is C17H18N2O3. The van der Waals surface area contributed by atoms with Crippen LogP contribution in [0.1, 0.15) is 11.1 Å². The maximum Gasteiger partial charge on any atom is 0.277 e. The number of hydrazone groups is 1. The average Bonchev–Trinajstić information content (AvgIpc) is 2.54. The first-order valence-corrected chi connectivity index (χ1v) is 6.83. The van der Waals surface area contributed by atoms with Crippen molar-refractivity contribution in [3.05, 3.63) is 59.7 Å². The molecule has 2 aromatic carbocycles. The van der Waals surface area contributed by atoms with Crippen molar-refractivity contribution < 1.29 is 14.3 Å². The first kappa shape index (κ1) is 15.6. The van der Waals surface area contributed by atoms with Crippen molar-refractivity contribution in [2.75, 3.05) is 13.7 Å². The summed E-state index contributed by atoms with van der Waals surface area (Å²) in [6.45, 7) is 1.88. The van der Waals surface area contributed by atoms with Gasteiger partial charge in [-0.25, -0.2) is 5.43 Å². The Morgan fingerprint density at radius 3 is 2.64 bits per heavy atom. The van der Waals surface area contributed by atoms with Crippen molar-refractivity contribution in [1.82, 2.24) is 5.43 Å². The van der Waals surface area contributed by atoms with Gasteiger partial charge in [-0.15, -0.1) is 0 Å². The lowest BCUT2D eigenvalue weighted by atomic mass is 10.2. The molecule has 1 N–H and O–H groups in total. The Labute approximate surface area is 129 Å². The molecular weight excluding hydrogens is 280 g/mol. The van der Waals surface area contributed by atoms with Gasteiger partial charge in [-0.3, -0.25) is 4.79 Å². The van der Waals surface area contributed by atoms with Crippen LogP contribution in [0.3, 0.4) is 0 Å². The van der Waals surface area contributed by atoms with Crippen molar-refractivity contribution in [1.29, 1.82) is 0 Å². The van der Waals surface area contributed by atoms with Crippen molar-refractivity contribution in [3.8, 4) is 11.5 Å². The Bertz CT molecular complexity index is 651. The van der Waals surface area contributed by atoms with Crippen LogP contribution in [-0.4, -0.2) is 25.8 Å². The van der Waals surface area contributed by atoms with Crippen LogP contribution < -0.4 is 14.9 Å². The molecule has 0 aliphatic heterocycles. The van der Waals surface area contributed by atoms with Gasteiger partial charge < -0.3 is 9.47 Å². The topological polar surface area (TPSA) is 59.9 Å². The Kier molecular flexibility index (Phi) is 5.54. The lowest BCUT2D eigenvalue weighted by molar-refractivity contribution is -0.123. The molecule has 0 aliphatic carbocycles. The first-order valence-electron chi connectivity index (χ1n) is 6.83. The number of hydrogen-bond donors (Lipinski definition) is 1. The third-order valence-corrected chi connectivity index (χ3v) is 2.88. The van der Waals surface area contributed by atoms with E-state index in [4.69, 9.17) is 9.47 Å². The molecule has 0 saturated carbocycles. The van der Waals surface area contributed by atoms with Crippen molar-refractivity contribution in [2.45, 2.75) is 6.92 Å². The second-order valence-corrected chi connectivity index (χ2v) is 4.67. The van der Waals surface area contributed by atoms with Gasteiger partial charge in [-0.05, 0) is 54.4 Å². The number of benzene rings is 2. The lowest BCUT2D eigenvalue weighted by Crippen LogP contribution is -2.24. The highest BCUT2D eigenvalue weighted by Gasteiger charge is 2.01. The fourth-order valence-corrected chi connectivity index (χ4v) is 1.76. The predicted octanol–water partition coefficient (Wildman–Crippen LogP) is 2.53. The molecule has 2 rings (SSSR count). The fourth-order valence-electron chi connectivity index (χ4n) is 1.76. The fraction of sp³-hybridized carbons (Fsp3) is 0.176. The van der Waals surface area contributed by atoms with Gasteiger partial charge in [0, 0.05) is 0 Å². The van der Waals surface area contributed by atoms with Crippen LogP contribution in [0.15, 0.2) is 53.6 Å². The van der Waals surface area contributed by atoms with Crippen molar-refractivity contribution in [2.24, 2.45) is 5.10 Å². The molecule has 0 fully saturated rings. The Morgan fingerprint density at radius 2 is 1.95 bits per heavy atom. The Hall–Kier alpha value is -2.82. The summed E-state index contributed by atoms with van der Waals surface area (Å²) in [5, 5.41) is 3.88. The third kappa shape index (κ3) is 4.94.